The Morgan fingerprint density at radius 3 is 1.23 bits per heavy atom. The van der Waals surface area contributed by atoms with Gasteiger partial charge in [-0.1, -0.05) is 60.7 Å². The van der Waals surface area contributed by atoms with Crippen LogP contribution in [-0.4, -0.2) is 34.5 Å². The molecule has 0 aromatic heterocycles. The molecule has 2 aromatic rings. The predicted molar refractivity (Wildman–Crippen MR) is 129 cm³/mol. The highest BCUT2D eigenvalue weighted by Crippen LogP contribution is 2.16. The van der Waals surface area contributed by atoms with E-state index in [9.17, 15) is 0 Å². The van der Waals surface area contributed by atoms with E-state index in [0.717, 1.165) is 11.5 Å². The standard InChI is InChI=1S/C22H30S4/c1-3-9-21(10-4-1)19-25-15-7-13-23-17-18-24-14-8-16-26-20-22-11-5-2-6-12-22/h1-6,9-12H,7-8,13-20H2. The molecule has 0 aliphatic heterocycles. The molecular weight excluding hydrogens is 393 g/mol. The summed E-state index contributed by atoms with van der Waals surface area (Å²) in [4.78, 5) is 0. The van der Waals surface area contributed by atoms with Crippen LogP contribution in [0, 0.1) is 0 Å². The van der Waals surface area contributed by atoms with Crippen LogP contribution < -0.4 is 0 Å². The summed E-state index contributed by atoms with van der Waals surface area (Å²) in [7, 11) is 0. The van der Waals surface area contributed by atoms with E-state index in [0.29, 0.717) is 0 Å². The molecule has 0 atom stereocenters. The fraction of sp³-hybridized carbons (Fsp3) is 0.455. The predicted octanol–water partition coefficient (Wildman–Crippen LogP) is 7.10. The molecule has 0 bridgehead atoms. The van der Waals surface area contributed by atoms with Gasteiger partial charge in [0.1, 0.15) is 0 Å². The van der Waals surface area contributed by atoms with Gasteiger partial charge < -0.3 is 0 Å². The SMILES string of the molecule is c1ccc(CSCCCSCCSCCCSCc2ccccc2)cc1. The van der Waals surface area contributed by atoms with E-state index in [1.807, 2.05) is 0 Å². The zero-order valence-electron chi connectivity index (χ0n) is 15.5. The van der Waals surface area contributed by atoms with Crippen molar-refractivity contribution in [3.05, 3.63) is 71.8 Å². The van der Waals surface area contributed by atoms with E-state index < -0.39 is 0 Å². The Balaban J connectivity index is 1.28. The summed E-state index contributed by atoms with van der Waals surface area (Å²) in [5.41, 5.74) is 2.90. The zero-order valence-corrected chi connectivity index (χ0v) is 18.7. The summed E-state index contributed by atoms with van der Waals surface area (Å²) in [6.07, 6.45) is 2.67. The van der Waals surface area contributed by atoms with Crippen molar-refractivity contribution in [1.82, 2.24) is 0 Å². The van der Waals surface area contributed by atoms with Crippen LogP contribution in [0.1, 0.15) is 24.0 Å². The first-order chi connectivity index (χ1) is 12.9. The highest BCUT2D eigenvalue weighted by atomic mass is 32.2. The third-order valence-electron chi connectivity index (χ3n) is 3.75. The highest BCUT2D eigenvalue weighted by Gasteiger charge is 1.96. The summed E-state index contributed by atoms with van der Waals surface area (Å²) in [6.45, 7) is 0. The van der Waals surface area contributed by atoms with Crippen LogP contribution in [0.5, 0.6) is 0 Å². The van der Waals surface area contributed by atoms with Crippen LogP contribution in [0.3, 0.4) is 0 Å². The molecule has 142 valence electrons. The van der Waals surface area contributed by atoms with E-state index in [2.05, 4.69) is 108 Å². The average Bonchev–Trinajstić information content (AvgIpc) is 2.70. The second-order valence-corrected chi connectivity index (χ2v) is 10.7. The normalized spacial score (nSPS) is 10.9. The van der Waals surface area contributed by atoms with Gasteiger partial charge in [-0.15, -0.1) is 0 Å². The summed E-state index contributed by atoms with van der Waals surface area (Å²) < 4.78 is 0. The average molecular weight is 423 g/mol. The minimum absolute atomic E-state index is 1.16. The molecule has 0 amide bonds. The Kier molecular flexibility index (Phi) is 13.5. The van der Waals surface area contributed by atoms with Crippen molar-refractivity contribution in [3.8, 4) is 0 Å². The Morgan fingerprint density at radius 1 is 0.423 bits per heavy atom. The van der Waals surface area contributed by atoms with Crippen LogP contribution in [0.15, 0.2) is 60.7 Å². The molecule has 0 saturated heterocycles. The van der Waals surface area contributed by atoms with Crippen LogP contribution in [0.4, 0.5) is 0 Å². The molecule has 2 rings (SSSR count). The largest absolute Gasteiger partial charge is 0.161 e. The Labute approximate surface area is 177 Å². The van der Waals surface area contributed by atoms with E-state index in [1.165, 1.54) is 58.5 Å². The zero-order chi connectivity index (χ0) is 18.1. The molecule has 0 nitrogen and oxygen atoms in total. The lowest BCUT2D eigenvalue weighted by Crippen LogP contribution is -1.92. The smallest absolute Gasteiger partial charge is 0.0184 e. The van der Waals surface area contributed by atoms with Gasteiger partial charge >= 0.3 is 0 Å². The lowest BCUT2D eigenvalue weighted by atomic mass is 10.2. The number of thioether (sulfide) groups is 4. The van der Waals surface area contributed by atoms with Crippen LogP contribution in [-0.2, 0) is 11.5 Å². The van der Waals surface area contributed by atoms with Crippen molar-refractivity contribution >= 4 is 47.0 Å². The lowest BCUT2D eigenvalue weighted by molar-refractivity contribution is 1.12. The maximum atomic E-state index is 2.22. The van der Waals surface area contributed by atoms with Crippen LogP contribution in [0.25, 0.3) is 0 Å². The van der Waals surface area contributed by atoms with Gasteiger partial charge in [-0.25, -0.2) is 0 Å². The summed E-state index contributed by atoms with van der Waals surface area (Å²) in [5, 5.41) is 0. The number of hydrogen-bond donors (Lipinski definition) is 0. The molecule has 0 aliphatic carbocycles. The van der Waals surface area contributed by atoms with Crippen molar-refractivity contribution in [2.24, 2.45) is 0 Å². The third kappa shape index (κ3) is 11.5. The van der Waals surface area contributed by atoms with Crippen molar-refractivity contribution in [1.29, 1.82) is 0 Å². The number of rotatable bonds is 15. The molecule has 0 saturated carbocycles. The first-order valence-corrected chi connectivity index (χ1v) is 14.0. The van der Waals surface area contributed by atoms with Gasteiger partial charge in [-0.05, 0) is 47.0 Å². The van der Waals surface area contributed by atoms with Crippen molar-refractivity contribution < 1.29 is 0 Å². The third-order valence-corrected chi connectivity index (χ3v) is 8.38. The van der Waals surface area contributed by atoms with E-state index in [1.54, 1.807) is 0 Å². The van der Waals surface area contributed by atoms with Gasteiger partial charge in [0.2, 0.25) is 0 Å². The number of hydrogen-bond acceptors (Lipinski definition) is 4. The Bertz CT molecular complexity index is 493. The van der Waals surface area contributed by atoms with Crippen LogP contribution >= 0.6 is 47.0 Å². The van der Waals surface area contributed by atoms with Gasteiger partial charge in [0.25, 0.3) is 0 Å². The van der Waals surface area contributed by atoms with Gasteiger partial charge in [-0.3, -0.25) is 0 Å². The maximum Gasteiger partial charge on any atom is 0.0184 e. The molecule has 26 heavy (non-hydrogen) atoms. The molecule has 0 heterocycles. The topological polar surface area (TPSA) is 0 Å². The highest BCUT2D eigenvalue weighted by molar-refractivity contribution is 8.03. The van der Waals surface area contributed by atoms with Crippen molar-refractivity contribution in [3.63, 3.8) is 0 Å². The Morgan fingerprint density at radius 2 is 0.808 bits per heavy atom. The minimum atomic E-state index is 1.16. The van der Waals surface area contributed by atoms with Crippen molar-refractivity contribution in [2.75, 3.05) is 34.5 Å². The van der Waals surface area contributed by atoms with E-state index >= 15 is 0 Å². The minimum Gasteiger partial charge on any atom is -0.161 e. The second-order valence-electron chi connectivity index (χ2n) is 6.01. The molecular formula is C22H30S4. The van der Waals surface area contributed by atoms with Crippen LogP contribution in [0.2, 0.25) is 0 Å². The quantitative estimate of drug-likeness (QED) is 0.281. The fourth-order valence-electron chi connectivity index (χ4n) is 2.38. The van der Waals surface area contributed by atoms with Gasteiger partial charge in [-0.2, -0.15) is 47.0 Å². The lowest BCUT2D eigenvalue weighted by Gasteiger charge is -2.04. The monoisotopic (exact) mass is 422 g/mol. The first kappa shape index (κ1) is 22.1. The first-order valence-electron chi connectivity index (χ1n) is 9.34. The molecule has 4 heteroatoms. The van der Waals surface area contributed by atoms with E-state index in [-0.39, 0.29) is 0 Å². The number of benzene rings is 2. The summed E-state index contributed by atoms with van der Waals surface area (Å²) in [5.74, 6) is 10.1. The van der Waals surface area contributed by atoms with E-state index in [4.69, 9.17) is 0 Å². The Hall–Kier alpha value is -0.160. The molecule has 2 aromatic carbocycles. The van der Waals surface area contributed by atoms with Gasteiger partial charge in [0, 0.05) is 23.0 Å². The molecule has 0 N–H and O–H groups in total. The molecule has 0 radical (unpaired) electrons. The molecule has 0 spiro atoms. The molecule has 0 unspecified atom stereocenters. The summed E-state index contributed by atoms with van der Waals surface area (Å²) in [6, 6.07) is 21.6. The van der Waals surface area contributed by atoms with Gasteiger partial charge in [0.05, 0.1) is 0 Å². The molecule has 0 fully saturated rings. The molecule has 0 aliphatic rings. The fourth-order valence-corrected chi connectivity index (χ4v) is 6.63. The second kappa shape index (κ2) is 15.9. The van der Waals surface area contributed by atoms with Crippen molar-refractivity contribution in [2.45, 2.75) is 24.3 Å². The summed E-state index contributed by atoms with van der Waals surface area (Å²) >= 11 is 8.38. The maximum absolute atomic E-state index is 2.22. The van der Waals surface area contributed by atoms with Gasteiger partial charge in [0.15, 0.2) is 0 Å².